The van der Waals surface area contributed by atoms with Crippen molar-refractivity contribution >= 4 is 5.97 Å². The Morgan fingerprint density at radius 3 is 2.50 bits per heavy atom. The number of esters is 1. The summed E-state index contributed by atoms with van der Waals surface area (Å²) in [7, 11) is 0. The lowest BCUT2D eigenvalue weighted by Gasteiger charge is -2.50. The van der Waals surface area contributed by atoms with Crippen molar-refractivity contribution in [1.29, 1.82) is 0 Å². The van der Waals surface area contributed by atoms with E-state index in [-0.39, 0.29) is 11.4 Å². The molecule has 1 saturated carbocycles. The second-order valence-electron chi connectivity index (χ2n) is 11.1. The van der Waals surface area contributed by atoms with Gasteiger partial charge in [-0.3, -0.25) is 4.79 Å². The third-order valence-corrected chi connectivity index (χ3v) is 9.21. The van der Waals surface area contributed by atoms with Gasteiger partial charge in [0.05, 0.1) is 0 Å². The lowest BCUT2D eigenvalue weighted by Crippen LogP contribution is -2.56. The van der Waals surface area contributed by atoms with Crippen LogP contribution in [-0.2, 0) is 9.53 Å². The van der Waals surface area contributed by atoms with Gasteiger partial charge in [-0.1, -0.05) is 18.9 Å². The molecule has 30 heavy (non-hydrogen) atoms. The molecule has 3 saturated heterocycles. The fourth-order valence-electron chi connectivity index (χ4n) is 7.35. The summed E-state index contributed by atoms with van der Waals surface area (Å²) in [5, 5.41) is 11.8. The van der Waals surface area contributed by atoms with Gasteiger partial charge in [0.1, 0.15) is 11.5 Å². The molecular formula is C25H40N2O3. The molecule has 4 fully saturated rings. The number of carbonyl (C=O) groups is 1. The van der Waals surface area contributed by atoms with Gasteiger partial charge in [0.15, 0.2) is 6.10 Å². The molecule has 0 aromatic heterocycles. The Bertz CT molecular complexity index is 707. The first kappa shape index (κ1) is 21.0. The van der Waals surface area contributed by atoms with E-state index >= 15 is 0 Å². The lowest BCUT2D eigenvalue weighted by atomic mass is 9.58. The summed E-state index contributed by atoms with van der Waals surface area (Å²) in [5.74, 6) is -0.573. The lowest BCUT2D eigenvalue weighted by molar-refractivity contribution is -0.144. The molecule has 5 nitrogen and oxygen atoms in total. The van der Waals surface area contributed by atoms with Gasteiger partial charge in [-0.15, -0.1) is 0 Å². The molecular weight excluding hydrogens is 376 g/mol. The monoisotopic (exact) mass is 416 g/mol. The van der Waals surface area contributed by atoms with E-state index in [0.29, 0.717) is 19.0 Å². The molecule has 0 aromatic carbocycles. The Balaban J connectivity index is 1.27. The summed E-state index contributed by atoms with van der Waals surface area (Å²) in [6.07, 6.45) is 11.1. The van der Waals surface area contributed by atoms with Crippen LogP contribution in [0.2, 0.25) is 0 Å². The molecule has 4 atom stereocenters. The van der Waals surface area contributed by atoms with Gasteiger partial charge >= 0.3 is 5.97 Å². The number of aliphatic hydroxyl groups is 1. The van der Waals surface area contributed by atoms with Crippen molar-refractivity contribution in [3.8, 4) is 0 Å². The first-order chi connectivity index (χ1) is 14.4. The minimum absolute atomic E-state index is 0.0984. The van der Waals surface area contributed by atoms with E-state index in [1.165, 1.54) is 62.8 Å². The summed E-state index contributed by atoms with van der Waals surface area (Å²) in [6.45, 7) is 9.74. The van der Waals surface area contributed by atoms with E-state index in [2.05, 4.69) is 23.6 Å². The van der Waals surface area contributed by atoms with Crippen LogP contribution in [0, 0.1) is 11.3 Å². The van der Waals surface area contributed by atoms with Crippen LogP contribution in [0.5, 0.6) is 0 Å². The highest BCUT2D eigenvalue weighted by Gasteiger charge is 2.63. The van der Waals surface area contributed by atoms with E-state index in [4.69, 9.17) is 4.74 Å². The fraction of sp³-hybridized carbons (Fsp3) is 0.880. The van der Waals surface area contributed by atoms with Crippen LogP contribution in [0.4, 0.5) is 0 Å². The standard InChI is InChI=1S/C25H40N2O3/c1-18-7-6-10-24(2)11-12-25(29)20(23(28)30-22(25)21(18)24)17-26-15-8-19(9-16-26)27-13-4-3-5-14-27/h19-20,22,29H,3-17H2,1-2H3/t20?,22-,24+,25?/m0/s1. The highest BCUT2D eigenvalue weighted by atomic mass is 16.6. The molecule has 0 amide bonds. The third kappa shape index (κ3) is 3.45. The first-order valence-electron chi connectivity index (χ1n) is 12.5. The molecule has 0 spiro atoms. The Kier molecular flexibility index (Phi) is 5.52. The van der Waals surface area contributed by atoms with Gasteiger partial charge in [-0.25, -0.2) is 0 Å². The summed E-state index contributed by atoms with van der Waals surface area (Å²) >= 11 is 0. The molecule has 3 aliphatic heterocycles. The number of piperidine rings is 2. The maximum atomic E-state index is 13.0. The average molecular weight is 417 g/mol. The van der Waals surface area contributed by atoms with Crippen molar-refractivity contribution < 1.29 is 14.6 Å². The number of carbonyl (C=O) groups excluding carboxylic acids is 1. The maximum Gasteiger partial charge on any atom is 0.314 e. The summed E-state index contributed by atoms with van der Waals surface area (Å²) in [6, 6.07) is 0.707. The fourth-order valence-corrected chi connectivity index (χ4v) is 7.35. The van der Waals surface area contributed by atoms with Crippen molar-refractivity contribution in [2.45, 2.75) is 95.8 Å². The van der Waals surface area contributed by atoms with Crippen LogP contribution < -0.4 is 0 Å². The summed E-state index contributed by atoms with van der Waals surface area (Å²) in [4.78, 5) is 18.1. The normalized spacial score (nSPS) is 41.5. The SMILES string of the molecule is CC1=C2[C@@H]3OC(=O)C(CN4CCC(N5CCCCC5)CC4)C3(O)CC[C@@]2(C)CCC1. The molecule has 2 aliphatic carbocycles. The van der Waals surface area contributed by atoms with E-state index in [0.717, 1.165) is 32.4 Å². The zero-order valence-corrected chi connectivity index (χ0v) is 19.0. The van der Waals surface area contributed by atoms with Crippen molar-refractivity contribution in [3.05, 3.63) is 11.1 Å². The highest BCUT2D eigenvalue weighted by molar-refractivity contribution is 5.78. The van der Waals surface area contributed by atoms with Crippen LogP contribution in [0.3, 0.4) is 0 Å². The van der Waals surface area contributed by atoms with Gasteiger partial charge in [-0.2, -0.15) is 0 Å². The van der Waals surface area contributed by atoms with E-state index < -0.39 is 17.6 Å². The predicted molar refractivity (Wildman–Crippen MR) is 117 cm³/mol. The number of fused-ring (bicyclic) bond motifs is 3. The molecule has 1 N–H and O–H groups in total. The van der Waals surface area contributed by atoms with Gasteiger partial charge < -0.3 is 19.6 Å². The zero-order valence-electron chi connectivity index (χ0n) is 19.0. The maximum absolute atomic E-state index is 13.0. The van der Waals surface area contributed by atoms with Crippen LogP contribution in [-0.4, -0.2) is 71.3 Å². The molecule has 2 unspecified atom stereocenters. The number of rotatable bonds is 3. The minimum Gasteiger partial charge on any atom is -0.454 e. The Labute approximate surface area is 181 Å². The Hall–Kier alpha value is -0.910. The zero-order chi connectivity index (χ0) is 20.9. The molecule has 5 rings (SSSR count). The molecule has 0 bridgehead atoms. The highest BCUT2D eigenvalue weighted by Crippen LogP contribution is 2.57. The number of hydrogen-bond donors (Lipinski definition) is 1. The summed E-state index contributed by atoms with van der Waals surface area (Å²) < 4.78 is 5.96. The Morgan fingerprint density at radius 1 is 1.03 bits per heavy atom. The minimum atomic E-state index is -1.02. The molecule has 168 valence electrons. The third-order valence-electron chi connectivity index (χ3n) is 9.21. The van der Waals surface area contributed by atoms with E-state index in [1.807, 2.05) is 0 Å². The molecule has 5 aliphatic rings. The quantitative estimate of drug-likeness (QED) is 0.564. The number of ether oxygens (including phenoxy) is 1. The van der Waals surface area contributed by atoms with Gasteiger partial charge in [-0.05, 0) is 102 Å². The average Bonchev–Trinajstić information content (AvgIpc) is 2.99. The molecule has 0 radical (unpaired) electrons. The van der Waals surface area contributed by atoms with Crippen molar-refractivity contribution in [1.82, 2.24) is 9.80 Å². The van der Waals surface area contributed by atoms with Crippen molar-refractivity contribution in [2.24, 2.45) is 11.3 Å². The van der Waals surface area contributed by atoms with Crippen LogP contribution in [0.25, 0.3) is 0 Å². The van der Waals surface area contributed by atoms with Crippen molar-refractivity contribution in [3.63, 3.8) is 0 Å². The number of nitrogens with zero attached hydrogens (tertiary/aromatic N) is 2. The van der Waals surface area contributed by atoms with Crippen LogP contribution in [0.1, 0.15) is 78.1 Å². The number of likely N-dealkylation sites (tertiary alicyclic amines) is 2. The first-order valence-corrected chi connectivity index (χ1v) is 12.5. The van der Waals surface area contributed by atoms with E-state index in [1.54, 1.807) is 0 Å². The molecule has 5 heteroatoms. The predicted octanol–water partition coefficient (Wildman–Crippen LogP) is 3.51. The van der Waals surface area contributed by atoms with Crippen LogP contribution in [0.15, 0.2) is 11.1 Å². The van der Waals surface area contributed by atoms with Crippen LogP contribution >= 0.6 is 0 Å². The summed E-state index contributed by atoms with van der Waals surface area (Å²) in [5.41, 5.74) is 1.68. The van der Waals surface area contributed by atoms with Gasteiger partial charge in [0.25, 0.3) is 0 Å². The number of hydrogen-bond acceptors (Lipinski definition) is 5. The van der Waals surface area contributed by atoms with Gasteiger partial charge in [0.2, 0.25) is 0 Å². The molecule has 0 aromatic rings. The second kappa shape index (κ2) is 7.90. The second-order valence-corrected chi connectivity index (χ2v) is 11.1. The van der Waals surface area contributed by atoms with Gasteiger partial charge in [0, 0.05) is 12.6 Å². The number of allylic oxidation sites excluding steroid dienone is 1. The topological polar surface area (TPSA) is 53.0 Å². The Morgan fingerprint density at radius 2 is 1.77 bits per heavy atom. The van der Waals surface area contributed by atoms with E-state index in [9.17, 15) is 9.90 Å². The largest absolute Gasteiger partial charge is 0.454 e. The van der Waals surface area contributed by atoms with Crippen molar-refractivity contribution in [2.75, 3.05) is 32.7 Å². The smallest absolute Gasteiger partial charge is 0.314 e. The molecule has 3 heterocycles.